The Morgan fingerprint density at radius 1 is 1.29 bits per heavy atom. The van der Waals surface area contributed by atoms with E-state index in [-0.39, 0.29) is 11.6 Å². The largest absolute Gasteiger partial charge is 0.434 e. The molecular formula is C11H7BrN4O. The van der Waals surface area contributed by atoms with Gasteiger partial charge in [-0.15, -0.1) is 0 Å². The van der Waals surface area contributed by atoms with Crippen molar-refractivity contribution in [1.29, 1.82) is 5.26 Å². The fourth-order valence-electron chi connectivity index (χ4n) is 1.17. The van der Waals surface area contributed by atoms with Gasteiger partial charge in [0.1, 0.15) is 10.7 Å². The fraction of sp³-hybridized carbons (Fsp3) is 0.0909. The van der Waals surface area contributed by atoms with Gasteiger partial charge in [0.05, 0.1) is 0 Å². The zero-order chi connectivity index (χ0) is 12.3. The molecule has 0 saturated heterocycles. The van der Waals surface area contributed by atoms with Crippen LogP contribution in [-0.2, 0) is 0 Å². The maximum Gasteiger partial charge on any atom is 0.256 e. The first-order valence-electron chi connectivity index (χ1n) is 4.73. The van der Waals surface area contributed by atoms with Crippen molar-refractivity contribution in [2.75, 3.05) is 0 Å². The first-order valence-corrected chi connectivity index (χ1v) is 5.52. The van der Waals surface area contributed by atoms with E-state index in [1.165, 1.54) is 12.4 Å². The summed E-state index contributed by atoms with van der Waals surface area (Å²) in [5.74, 6) is 0.661. The molecule has 0 saturated carbocycles. The van der Waals surface area contributed by atoms with Crippen molar-refractivity contribution in [3.05, 3.63) is 40.5 Å². The number of nitriles is 1. The summed E-state index contributed by atoms with van der Waals surface area (Å²) in [6.45, 7) is 1.87. The van der Waals surface area contributed by atoms with Crippen LogP contribution < -0.4 is 4.74 Å². The van der Waals surface area contributed by atoms with Crippen molar-refractivity contribution < 1.29 is 4.74 Å². The van der Waals surface area contributed by atoms with Crippen LogP contribution in [-0.4, -0.2) is 15.0 Å². The van der Waals surface area contributed by atoms with Crippen molar-refractivity contribution in [3.8, 4) is 17.7 Å². The minimum Gasteiger partial charge on any atom is -0.434 e. The normalized spacial score (nSPS) is 9.71. The number of hydrogen-bond acceptors (Lipinski definition) is 5. The highest BCUT2D eigenvalue weighted by molar-refractivity contribution is 9.10. The number of ether oxygens (including phenoxy) is 1. The third kappa shape index (κ3) is 2.57. The van der Waals surface area contributed by atoms with E-state index < -0.39 is 0 Å². The number of halogens is 1. The quantitative estimate of drug-likeness (QED) is 0.795. The summed E-state index contributed by atoms with van der Waals surface area (Å²) >= 11 is 3.28. The molecule has 0 spiro atoms. The third-order valence-corrected chi connectivity index (χ3v) is 2.50. The summed E-state index contributed by atoms with van der Waals surface area (Å²) in [6.07, 6.45) is 2.90. The summed E-state index contributed by atoms with van der Waals surface area (Å²) in [6, 6.07) is 5.47. The molecule has 6 heteroatoms. The summed E-state index contributed by atoms with van der Waals surface area (Å²) < 4.78 is 6.04. The van der Waals surface area contributed by atoms with Gasteiger partial charge in [-0.1, -0.05) is 0 Å². The highest BCUT2D eigenvalue weighted by atomic mass is 79.9. The number of rotatable bonds is 2. The molecule has 5 nitrogen and oxygen atoms in total. The molecule has 0 atom stereocenters. The monoisotopic (exact) mass is 290 g/mol. The van der Waals surface area contributed by atoms with E-state index in [9.17, 15) is 0 Å². The lowest BCUT2D eigenvalue weighted by molar-refractivity contribution is 0.452. The number of pyridine rings is 1. The van der Waals surface area contributed by atoms with Crippen molar-refractivity contribution >= 4 is 15.9 Å². The van der Waals surface area contributed by atoms with Gasteiger partial charge in [0.15, 0.2) is 5.75 Å². The van der Waals surface area contributed by atoms with Crippen LogP contribution in [0.3, 0.4) is 0 Å². The predicted octanol–water partition coefficient (Wildman–Crippen LogP) is 2.61. The van der Waals surface area contributed by atoms with E-state index in [0.29, 0.717) is 10.4 Å². The van der Waals surface area contributed by atoms with Gasteiger partial charge in [-0.05, 0) is 35.0 Å². The van der Waals surface area contributed by atoms with Gasteiger partial charge < -0.3 is 4.74 Å². The Morgan fingerprint density at radius 2 is 2.06 bits per heavy atom. The Kier molecular flexibility index (Phi) is 3.30. The number of hydrogen-bond donors (Lipinski definition) is 0. The second-order valence-electron chi connectivity index (χ2n) is 3.17. The van der Waals surface area contributed by atoms with E-state index in [2.05, 4.69) is 30.9 Å². The average Bonchev–Trinajstić information content (AvgIpc) is 2.33. The summed E-state index contributed by atoms with van der Waals surface area (Å²) in [7, 11) is 0. The number of aromatic nitrogens is 3. The van der Waals surface area contributed by atoms with Crippen LogP contribution in [0.15, 0.2) is 29.1 Å². The van der Waals surface area contributed by atoms with Crippen LogP contribution >= 0.6 is 15.9 Å². The maximum atomic E-state index is 8.85. The van der Waals surface area contributed by atoms with Crippen molar-refractivity contribution in [3.63, 3.8) is 0 Å². The van der Waals surface area contributed by atoms with E-state index in [1.807, 2.05) is 19.1 Å². The number of nitrogens with zero attached hydrogens (tertiary/aromatic N) is 4. The van der Waals surface area contributed by atoms with Crippen LogP contribution in [0.25, 0.3) is 0 Å². The smallest absolute Gasteiger partial charge is 0.256 e. The van der Waals surface area contributed by atoms with Crippen molar-refractivity contribution in [2.45, 2.75) is 6.92 Å². The highest BCUT2D eigenvalue weighted by Gasteiger charge is 2.09. The molecule has 2 aromatic rings. The van der Waals surface area contributed by atoms with Gasteiger partial charge in [-0.25, -0.2) is 15.0 Å². The van der Waals surface area contributed by atoms with Gasteiger partial charge in [0.25, 0.3) is 5.88 Å². The summed E-state index contributed by atoms with van der Waals surface area (Å²) in [5, 5.41) is 8.85. The van der Waals surface area contributed by atoms with Gasteiger partial charge >= 0.3 is 0 Å². The molecule has 17 heavy (non-hydrogen) atoms. The Bertz CT molecular complexity index is 594. The molecular weight excluding hydrogens is 284 g/mol. The van der Waals surface area contributed by atoms with Gasteiger partial charge in [0, 0.05) is 18.1 Å². The molecule has 0 N–H and O–H groups in total. The molecule has 0 fully saturated rings. The van der Waals surface area contributed by atoms with Crippen molar-refractivity contribution in [1.82, 2.24) is 15.0 Å². The van der Waals surface area contributed by atoms with Crippen LogP contribution in [0.4, 0.5) is 0 Å². The molecule has 0 aliphatic carbocycles. The molecule has 0 aromatic carbocycles. The first-order chi connectivity index (χ1) is 8.20. The molecule has 2 rings (SSSR count). The molecule has 0 amide bonds. The van der Waals surface area contributed by atoms with Crippen LogP contribution in [0, 0.1) is 18.3 Å². The fourth-order valence-corrected chi connectivity index (χ4v) is 1.66. The zero-order valence-corrected chi connectivity index (χ0v) is 10.5. The minimum atomic E-state index is 0.139. The number of aryl methyl sites for hydroxylation is 1. The summed E-state index contributed by atoms with van der Waals surface area (Å²) in [5.41, 5.74) is 1.00. The Balaban J connectivity index is 2.35. The first kappa shape index (κ1) is 11.5. The van der Waals surface area contributed by atoms with E-state index in [1.54, 1.807) is 6.07 Å². The maximum absolute atomic E-state index is 8.85. The summed E-state index contributed by atoms with van der Waals surface area (Å²) in [4.78, 5) is 12.0. The van der Waals surface area contributed by atoms with E-state index in [4.69, 9.17) is 10.00 Å². The zero-order valence-electron chi connectivity index (χ0n) is 8.88. The molecule has 0 aliphatic heterocycles. The standard InChI is InChI=1S/C11H7BrN4O/c1-7-2-3-9(10(12)16-7)17-11-8(6-13)14-4-5-15-11/h2-5H,1H3. The molecule has 0 unspecified atom stereocenters. The average molecular weight is 291 g/mol. The Labute approximate surface area is 106 Å². The minimum absolute atomic E-state index is 0.139. The second-order valence-corrected chi connectivity index (χ2v) is 3.92. The molecule has 2 aromatic heterocycles. The van der Waals surface area contributed by atoms with Crippen LogP contribution in [0.1, 0.15) is 11.4 Å². The van der Waals surface area contributed by atoms with Crippen LogP contribution in [0.5, 0.6) is 11.6 Å². The van der Waals surface area contributed by atoms with Crippen molar-refractivity contribution in [2.24, 2.45) is 0 Å². The lowest BCUT2D eigenvalue weighted by Gasteiger charge is -2.06. The second kappa shape index (κ2) is 4.89. The molecule has 0 bridgehead atoms. The Morgan fingerprint density at radius 3 is 2.76 bits per heavy atom. The Hall–Kier alpha value is -2.00. The molecule has 0 radical (unpaired) electrons. The molecule has 2 heterocycles. The van der Waals surface area contributed by atoms with Gasteiger partial charge in [-0.2, -0.15) is 5.26 Å². The third-order valence-electron chi connectivity index (χ3n) is 1.93. The van der Waals surface area contributed by atoms with Crippen LogP contribution in [0.2, 0.25) is 0 Å². The molecule has 0 aliphatic rings. The van der Waals surface area contributed by atoms with Gasteiger partial charge in [0.2, 0.25) is 5.69 Å². The lowest BCUT2D eigenvalue weighted by Crippen LogP contribution is -1.95. The predicted molar refractivity (Wildman–Crippen MR) is 63.5 cm³/mol. The van der Waals surface area contributed by atoms with E-state index in [0.717, 1.165) is 5.69 Å². The lowest BCUT2D eigenvalue weighted by atomic mass is 10.4. The molecule has 84 valence electrons. The van der Waals surface area contributed by atoms with Gasteiger partial charge in [-0.3, -0.25) is 0 Å². The van der Waals surface area contributed by atoms with E-state index >= 15 is 0 Å². The SMILES string of the molecule is Cc1ccc(Oc2nccnc2C#N)c(Br)n1. The topological polar surface area (TPSA) is 71.7 Å². The highest BCUT2D eigenvalue weighted by Crippen LogP contribution is 2.27.